The Bertz CT molecular complexity index is 498. The van der Waals surface area contributed by atoms with Gasteiger partial charge in [-0.2, -0.15) is 5.10 Å². The Morgan fingerprint density at radius 2 is 2.41 bits per heavy atom. The number of aryl methyl sites for hydroxylation is 2. The van der Waals surface area contributed by atoms with Gasteiger partial charge in [0.2, 0.25) is 0 Å². The minimum atomic E-state index is -0.844. The summed E-state index contributed by atoms with van der Waals surface area (Å²) < 4.78 is 13.3. The fourth-order valence-corrected chi connectivity index (χ4v) is 2.08. The van der Waals surface area contributed by atoms with Crippen molar-refractivity contribution in [3.05, 3.63) is 27.7 Å². The van der Waals surface area contributed by atoms with Gasteiger partial charge in [-0.05, 0) is 24.8 Å². The van der Waals surface area contributed by atoms with Crippen LogP contribution in [0.25, 0.3) is 0 Å². The third-order valence-corrected chi connectivity index (χ3v) is 3.01. The molecule has 0 bridgehead atoms. The highest BCUT2D eigenvalue weighted by molar-refractivity contribution is 5.70. The summed E-state index contributed by atoms with van der Waals surface area (Å²) in [5.74, 6) is -1.29. The summed E-state index contributed by atoms with van der Waals surface area (Å²) in [6.45, 7) is -0.683. The van der Waals surface area contributed by atoms with Crippen molar-refractivity contribution >= 4 is 5.97 Å². The Kier molecular flexibility index (Phi) is 3.21. The minimum absolute atomic E-state index is 0.0472. The maximum absolute atomic E-state index is 12.2. The molecule has 1 heterocycles. The van der Waals surface area contributed by atoms with Gasteiger partial charge < -0.3 is 5.11 Å². The Labute approximate surface area is 96.9 Å². The van der Waals surface area contributed by atoms with E-state index < -0.39 is 18.6 Å². The van der Waals surface area contributed by atoms with Gasteiger partial charge in [0.15, 0.2) is 0 Å². The molecule has 1 aliphatic carbocycles. The topological polar surface area (TPSA) is 72.2 Å². The molecule has 92 valence electrons. The van der Waals surface area contributed by atoms with Crippen molar-refractivity contribution < 1.29 is 14.3 Å². The van der Waals surface area contributed by atoms with Crippen LogP contribution in [0, 0.1) is 5.92 Å². The molecule has 0 radical (unpaired) electrons. The van der Waals surface area contributed by atoms with Gasteiger partial charge in [-0.3, -0.25) is 9.59 Å². The summed E-state index contributed by atoms with van der Waals surface area (Å²) in [6, 6.07) is 1.38. The van der Waals surface area contributed by atoms with E-state index in [1.54, 1.807) is 0 Å². The van der Waals surface area contributed by atoms with E-state index in [-0.39, 0.29) is 12.1 Å². The summed E-state index contributed by atoms with van der Waals surface area (Å²) >= 11 is 0. The lowest BCUT2D eigenvalue weighted by atomic mass is 9.87. The Morgan fingerprint density at radius 3 is 3.06 bits per heavy atom. The molecule has 6 heteroatoms. The van der Waals surface area contributed by atoms with E-state index in [0.29, 0.717) is 24.8 Å². The lowest BCUT2D eigenvalue weighted by molar-refractivity contribution is -0.142. The molecule has 1 N–H and O–H groups in total. The minimum Gasteiger partial charge on any atom is -0.481 e. The molecule has 0 spiro atoms. The predicted octanol–water partition coefficient (Wildman–Crippen LogP) is 0.402. The molecule has 5 nitrogen and oxygen atoms in total. The SMILES string of the molecule is O=C(O)[C@@H]1CCc2nn(CCF)c(=O)cc2C1. The van der Waals surface area contributed by atoms with E-state index in [1.807, 2.05) is 0 Å². The second-order valence-corrected chi connectivity index (χ2v) is 4.14. The third-order valence-electron chi connectivity index (χ3n) is 3.01. The number of nitrogens with zero attached hydrogens (tertiary/aromatic N) is 2. The molecule has 0 aliphatic heterocycles. The first-order valence-corrected chi connectivity index (χ1v) is 5.50. The molecular weight excluding hydrogens is 227 g/mol. The van der Waals surface area contributed by atoms with Crippen LogP contribution in [0.2, 0.25) is 0 Å². The second kappa shape index (κ2) is 4.65. The van der Waals surface area contributed by atoms with Gasteiger partial charge in [0.1, 0.15) is 6.67 Å². The van der Waals surface area contributed by atoms with Crippen molar-refractivity contribution in [1.82, 2.24) is 9.78 Å². The van der Waals surface area contributed by atoms with Crippen LogP contribution < -0.4 is 5.56 Å². The van der Waals surface area contributed by atoms with E-state index in [0.717, 1.165) is 10.4 Å². The average Bonchev–Trinajstić information content (AvgIpc) is 2.29. The molecule has 1 aromatic heterocycles. The number of carboxylic acids is 1. The first-order chi connectivity index (χ1) is 8.11. The van der Waals surface area contributed by atoms with Crippen molar-refractivity contribution in [2.24, 2.45) is 5.92 Å². The second-order valence-electron chi connectivity index (χ2n) is 4.14. The van der Waals surface area contributed by atoms with Gasteiger partial charge in [-0.25, -0.2) is 9.07 Å². The van der Waals surface area contributed by atoms with Gasteiger partial charge in [0, 0.05) is 6.07 Å². The summed E-state index contributed by atoms with van der Waals surface area (Å²) in [4.78, 5) is 22.4. The number of hydrogen-bond acceptors (Lipinski definition) is 3. The maximum atomic E-state index is 12.2. The Balaban J connectivity index is 2.32. The number of rotatable bonds is 3. The number of aliphatic carboxylic acids is 1. The van der Waals surface area contributed by atoms with Crippen LogP contribution in [0.15, 0.2) is 10.9 Å². The van der Waals surface area contributed by atoms with Gasteiger partial charge in [-0.15, -0.1) is 0 Å². The fourth-order valence-electron chi connectivity index (χ4n) is 2.08. The Hall–Kier alpha value is -1.72. The quantitative estimate of drug-likeness (QED) is 0.830. The van der Waals surface area contributed by atoms with Crippen LogP contribution in [0.1, 0.15) is 17.7 Å². The average molecular weight is 240 g/mol. The number of aromatic nitrogens is 2. The molecular formula is C11H13FN2O3. The number of hydrogen-bond donors (Lipinski definition) is 1. The molecule has 0 amide bonds. The van der Waals surface area contributed by atoms with Crippen LogP contribution in [0.4, 0.5) is 4.39 Å². The van der Waals surface area contributed by atoms with Crippen LogP contribution >= 0.6 is 0 Å². The number of alkyl halides is 1. The first kappa shape index (κ1) is 11.8. The smallest absolute Gasteiger partial charge is 0.306 e. The molecule has 0 saturated carbocycles. The van der Waals surface area contributed by atoms with Crippen molar-refractivity contribution in [1.29, 1.82) is 0 Å². The van der Waals surface area contributed by atoms with Crippen LogP contribution in [-0.4, -0.2) is 27.5 Å². The van der Waals surface area contributed by atoms with Gasteiger partial charge in [0.25, 0.3) is 5.56 Å². The number of fused-ring (bicyclic) bond motifs is 1. The Morgan fingerprint density at radius 1 is 1.65 bits per heavy atom. The lowest BCUT2D eigenvalue weighted by Crippen LogP contribution is -2.30. The molecule has 17 heavy (non-hydrogen) atoms. The van der Waals surface area contributed by atoms with Crippen molar-refractivity contribution in [2.75, 3.05) is 6.67 Å². The highest BCUT2D eigenvalue weighted by atomic mass is 19.1. The summed E-state index contributed by atoms with van der Waals surface area (Å²) in [7, 11) is 0. The number of carboxylic acid groups (broad SMARTS) is 1. The van der Waals surface area contributed by atoms with E-state index in [4.69, 9.17) is 5.11 Å². The summed E-state index contributed by atoms with van der Waals surface area (Å²) in [5.41, 5.74) is 1.03. The van der Waals surface area contributed by atoms with Crippen molar-refractivity contribution in [2.45, 2.75) is 25.8 Å². The maximum Gasteiger partial charge on any atom is 0.306 e. The van der Waals surface area contributed by atoms with Gasteiger partial charge in [0.05, 0.1) is 18.2 Å². The van der Waals surface area contributed by atoms with Crippen LogP contribution in [0.3, 0.4) is 0 Å². The van der Waals surface area contributed by atoms with Crippen molar-refractivity contribution in [3.63, 3.8) is 0 Å². The van der Waals surface area contributed by atoms with E-state index in [9.17, 15) is 14.0 Å². The highest BCUT2D eigenvalue weighted by Crippen LogP contribution is 2.22. The van der Waals surface area contributed by atoms with Crippen LogP contribution in [0.5, 0.6) is 0 Å². The van der Waals surface area contributed by atoms with Gasteiger partial charge in [-0.1, -0.05) is 0 Å². The predicted molar refractivity (Wildman–Crippen MR) is 57.6 cm³/mol. The van der Waals surface area contributed by atoms with Gasteiger partial charge >= 0.3 is 5.97 Å². The molecule has 0 saturated heterocycles. The van der Waals surface area contributed by atoms with Crippen LogP contribution in [-0.2, 0) is 24.2 Å². The monoisotopic (exact) mass is 240 g/mol. The molecule has 1 aliphatic rings. The molecule has 1 aromatic rings. The lowest BCUT2D eigenvalue weighted by Gasteiger charge is -2.20. The van der Waals surface area contributed by atoms with E-state index in [1.165, 1.54) is 6.07 Å². The zero-order valence-corrected chi connectivity index (χ0v) is 9.23. The number of halogens is 1. The molecule has 0 unspecified atom stereocenters. The van der Waals surface area contributed by atoms with E-state index >= 15 is 0 Å². The third kappa shape index (κ3) is 2.35. The summed E-state index contributed by atoms with van der Waals surface area (Å²) in [6.07, 6.45) is 1.38. The molecule has 0 fully saturated rings. The summed E-state index contributed by atoms with van der Waals surface area (Å²) in [5, 5.41) is 13.0. The standard InChI is InChI=1S/C11H13FN2O3/c12-3-4-14-10(15)6-8-5-7(11(16)17)1-2-9(8)13-14/h6-7H,1-5H2,(H,16,17)/t7-/m1/s1. The fraction of sp³-hybridized carbons (Fsp3) is 0.545. The number of carbonyl (C=O) groups is 1. The molecule has 1 atom stereocenters. The highest BCUT2D eigenvalue weighted by Gasteiger charge is 2.25. The van der Waals surface area contributed by atoms with E-state index in [2.05, 4.69) is 5.10 Å². The zero-order chi connectivity index (χ0) is 12.4. The molecule has 2 rings (SSSR count). The first-order valence-electron chi connectivity index (χ1n) is 5.50. The normalized spacial score (nSPS) is 18.8. The largest absolute Gasteiger partial charge is 0.481 e. The van der Waals surface area contributed by atoms with Crippen molar-refractivity contribution in [3.8, 4) is 0 Å². The zero-order valence-electron chi connectivity index (χ0n) is 9.23. The molecule has 0 aromatic carbocycles.